The van der Waals surface area contributed by atoms with E-state index in [9.17, 15) is 4.79 Å². The molecular formula is C16H22N2O2. The van der Waals surface area contributed by atoms with Crippen molar-refractivity contribution in [1.82, 2.24) is 4.90 Å². The van der Waals surface area contributed by atoms with E-state index >= 15 is 0 Å². The van der Waals surface area contributed by atoms with Gasteiger partial charge in [-0.3, -0.25) is 4.79 Å². The summed E-state index contributed by atoms with van der Waals surface area (Å²) in [5.74, 6) is 1.35. The van der Waals surface area contributed by atoms with E-state index in [1.165, 1.54) is 0 Å². The Morgan fingerprint density at radius 1 is 1.45 bits per heavy atom. The lowest BCUT2D eigenvalue weighted by molar-refractivity contribution is -0.125. The predicted octanol–water partition coefficient (Wildman–Crippen LogP) is 1.91. The second-order valence-electron chi connectivity index (χ2n) is 5.23. The number of allylic oxidation sites excluding steroid dienone is 1. The van der Waals surface area contributed by atoms with Crippen LogP contribution in [0.15, 0.2) is 30.3 Å². The van der Waals surface area contributed by atoms with Crippen molar-refractivity contribution >= 4 is 11.5 Å². The lowest BCUT2D eigenvalue weighted by Gasteiger charge is -2.14. The van der Waals surface area contributed by atoms with Gasteiger partial charge in [-0.05, 0) is 49.1 Å². The van der Waals surface area contributed by atoms with Crippen LogP contribution in [0.4, 0.5) is 0 Å². The highest BCUT2D eigenvalue weighted by Crippen LogP contribution is 2.20. The molecular weight excluding hydrogens is 252 g/mol. The molecule has 108 valence electrons. The predicted molar refractivity (Wildman–Crippen MR) is 80.4 cm³/mol. The summed E-state index contributed by atoms with van der Waals surface area (Å²) in [7, 11) is 1.64. The minimum atomic E-state index is 0.0780. The standard InChI is InChI=1S/C16H22N2O2/c1-12(14-3-5-15(20-2)6-4-14)9-16(19)18-8-7-13(10-17)11-18/h3-6,9,13H,7-8,10-11,17H2,1-2H3/b12-9+. The maximum Gasteiger partial charge on any atom is 0.246 e. The summed E-state index contributed by atoms with van der Waals surface area (Å²) in [5.41, 5.74) is 7.65. The number of benzene rings is 1. The molecule has 1 aromatic carbocycles. The zero-order valence-electron chi connectivity index (χ0n) is 12.1. The molecule has 1 heterocycles. The van der Waals surface area contributed by atoms with Crippen LogP contribution >= 0.6 is 0 Å². The number of ether oxygens (including phenoxy) is 1. The van der Waals surface area contributed by atoms with Gasteiger partial charge in [-0.2, -0.15) is 0 Å². The molecule has 1 aliphatic heterocycles. The molecule has 4 heteroatoms. The maximum atomic E-state index is 12.2. The van der Waals surface area contributed by atoms with E-state index in [0.29, 0.717) is 12.5 Å². The highest BCUT2D eigenvalue weighted by atomic mass is 16.5. The number of hydrogen-bond donors (Lipinski definition) is 1. The quantitative estimate of drug-likeness (QED) is 0.853. The fourth-order valence-corrected chi connectivity index (χ4v) is 2.44. The molecule has 0 radical (unpaired) electrons. The van der Waals surface area contributed by atoms with Crippen LogP contribution in [-0.4, -0.2) is 37.6 Å². The molecule has 2 rings (SSSR count). The first-order valence-electron chi connectivity index (χ1n) is 6.95. The Labute approximate surface area is 120 Å². The maximum absolute atomic E-state index is 12.2. The number of likely N-dealkylation sites (tertiary alicyclic amines) is 1. The van der Waals surface area contributed by atoms with Crippen LogP contribution in [0, 0.1) is 5.92 Å². The van der Waals surface area contributed by atoms with Crippen LogP contribution in [0.1, 0.15) is 18.9 Å². The molecule has 20 heavy (non-hydrogen) atoms. The highest BCUT2D eigenvalue weighted by molar-refractivity contribution is 5.95. The van der Waals surface area contributed by atoms with Gasteiger partial charge in [0, 0.05) is 19.2 Å². The SMILES string of the molecule is COc1ccc(/C(C)=C/C(=O)N2CCC(CN)C2)cc1. The van der Waals surface area contributed by atoms with Crippen molar-refractivity contribution in [3.05, 3.63) is 35.9 Å². The minimum absolute atomic E-state index is 0.0780. The number of carbonyl (C=O) groups is 1. The third kappa shape index (κ3) is 3.39. The van der Waals surface area contributed by atoms with Crippen LogP contribution in [0.2, 0.25) is 0 Å². The highest BCUT2D eigenvalue weighted by Gasteiger charge is 2.23. The van der Waals surface area contributed by atoms with Crippen molar-refractivity contribution in [1.29, 1.82) is 0 Å². The zero-order valence-corrected chi connectivity index (χ0v) is 12.1. The van der Waals surface area contributed by atoms with Crippen molar-refractivity contribution in [2.45, 2.75) is 13.3 Å². The zero-order chi connectivity index (χ0) is 14.5. The normalized spacial score (nSPS) is 19.2. The van der Waals surface area contributed by atoms with Gasteiger partial charge in [0.05, 0.1) is 7.11 Å². The van der Waals surface area contributed by atoms with Gasteiger partial charge in [0.15, 0.2) is 0 Å². The first-order valence-corrected chi connectivity index (χ1v) is 6.95. The second-order valence-corrected chi connectivity index (χ2v) is 5.23. The van der Waals surface area contributed by atoms with Crippen LogP contribution in [0.3, 0.4) is 0 Å². The Hall–Kier alpha value is -1.81. The number of amides is 1. The summed E-state index contributed by atoms with van der Waals surface area (Å²) in [6.45, 7) is 4.20. The number of carbonyl (C=O) groups excluding carboxylic acids is 1. The molecule has 1 atom stereocenters. The average molecular weight is 274 g/mol. The molecule has 1 unspecified atom stereocenters. The van der Waals surface area contributed by atoms with Crippen molar-refractivity contribution in [3.63, 3.8) is 0 Å². The van der Waals surface area contributed by atoms with E-state index in [4.69, 9.17) is 10.5 Å². The molecule has 0 spiro atoms. The summed E-state index contributed by atoms with van der Waals surface area (Å²) in [6.07, 6.45) is 2.72. The van der Waals surface area contributed by atoms with E-state index in [0.717, 1.165) is 36.4 Å². The molecule has 1 fully saturated rings. The van der Waals surface area contributed by atoms with Crippen LogP contribution in [0.25, 0.3) is 5.57 Å². The molecule has 1 saturated heterocycles. The summed E-state index contributed by atoms with van der Waals surface area (Å²) in [5, 5.41) is 0. The van der Waals surface area contributed by atoms with Gasteiger partial charge in [-0.15, -0.1) is 0 Å². The van der Waals surface area contributed by atoms with Gasteiger partial charge < -0.3 is 15.4 Å². The average Bonchev–Trinajstić information content (AvgIpc) is 2.96. The Morgan fingerprint density at radius 3 is 2.70 bits per heavy atom. The summed E-state index contributed by atoms with van der Waals surface area (Å²) in [4.78, 5) is 14.1. The summed E-state index contributed by atoms with van der Waals surface area (Å²) >= 11 is 0. The molecule has 1 aromatic rings. The van der Waals surface area contributed by atoms with Crippen molar-refractivity contribution < 1.29 is 9.53 Å². The van der Waals surface area contributed by atoms with Crippen molar-refractivity contribution in [2.75, 3.05) is 26.7 Å². The third-order valence-corrected chi connectivity index (χ3v) is 3.82. The Kier molecular flexibility index (Phi) is 4.79. The molecule has 0 aliphatic carbocycles. The van der Waals surface area contributed by atoms with Crippen LogP contribution in [-0.2, 0) is 4.79 Å². The van der Waals surface area contributed by atoms with E-state index in [-0.39, 0.29) is 5.91 Å². The van der Waals surface area contributed by atoms with E-state index < -0.39 is 0 Å². The number of rotatable bonds is 4. The first-order chi connectivity index (χ1) is 9.63. The van der Waals surface area contributed by atoms with Gasteiger partial charge >= 0.3 is 0 Å². The lowest BCUT2D eigenvalue weighted by Crippen LogP contribution is -2.28. The van der Waals surface area contributed by atoms with E-state index in [1.54, 1.807) is 13.2 Å². The van der Waals surface area contributed by atoms with Crippen molar-refractivity contribution in [2.24, 2.45) is 11.7 Å². The molecule has 4 nitrogen and oxygen atoms in total. The van der Waals surface area contributed by atoms with Gasteiger partial charge in [0.1, 0.15) is 5.75 Å². The fourth-order valence-electron chi connectivity index (χ4n) is 2.44. The van der Waals surface area contributed by atoms with Crippen LogP contribution in [0.5, 0.6) is 5.75 Å². The Bertz CT molecular complexity index is 494. The van der Waals surface area contributed by atoms with Gasteiger partial charge in [0.2, 0.25) is 5.91 Å². The van der Waals surface area contributed by atoms with Crippen molar-refractivity contribution in [3.8, 4) is 5.75 Å². The number of methoxy groups -OCH3 is 1. The number of hydrogen-bond acceptors (Lipinski definition) is 3. The van der Waals surface area contributed by atoms with E-state index in [2.05, 4.69) is 0 Å². The number of nitrogens with zero attached hydrogens (tertiary/aromatic N) is 1. The Morgan fingerprint density at radius 2 is 2.15 bits per heavy atom. The molecule has 1 amide bonds. The summed E-state index contributed by atoms with van der Waals surface area (Å²) < 4.78 is 5.13. The fraction of sp³-hybridized carbons (Fsp3) is 0.438. The lowest BCUT2D eigenvalue weighted by atomic mass is 10.1. The molecule has 0 bridgehead atoms. The largest absolute Gasteiger partial charge is 0.497 e. The molecule has 0 aromatic heterocycles. The van der Waals surface area contributed by atoms with E-state index in [1.807, 2.05) is 36.1 Å². The minimum Gasteiger partial charge on any atom is -0.497 e. The monoisotopic (exact) mass is 274 g/mol. The molecule has 1 aliphatic rings. The van der Waals surface area contributed by atoms with Gasteiger partial charge in [-0.25, -0.2) is 0 Å². The second kappa shape index (κ2) is 6.57. The first kappa shape index (κ1) is 14.6. The third-order valence-electron chi connectivity index (χ3n) is 3.82. The smallest absolute Gasteiger partial charge is 0.246 e. The summed E-state index contributed by atoms with van der Waals surface area (Å²) in [6, 6.07) is 7.73. The van der Waals surface area contributed by atoms with Gasteiger partial charge in [-0.1, -0.05) is 12.1 Å². The topological polar surface area (TPSA) is 55.6 Å². The number of nitrogens with two attached hydrogens (primary N) is 1. The Balaban J connectivity index is 2.03. The van der Waals surface area contributed by atoms with Gasteiger partial charge in [0.25, 0.3) is 0 Å². The molecule has 0 saturated carbocycles. The molecule has 2 N–H and O–H groups in total. The van der Waals surface area contributed by atoms with Crippen LogP contribution < -0.4 is 10.5 Å².